The summed E-state index contributed by atoms with van der Waals surface area (Å²) in [5.41, 5.74) is 0.939. The van der Waals surface area contributed by atoms with Gasteiger partial charge in [0, 0.05) is 36.4 Å². The molecule has 0 aliphatic carbocycles. The van der Waals surface area contributed by atoms with Crippen LogP contribution in [0.5, 0.6) is 0 Å². The molecule has 2 rings (SSSR count). The second kappa shape index (κ2) is 8.13. The minimum atomic E-state index is -3.55. The first-order valence-electron chi connectivity index (χ1n) is 7.17. The van der Waals surface area contributed by atoms with E-state index in [-0.39, 0.29) is 11.7 Å². The summed E-state index contributed by atoms with van der Waals surface area (Å²) in [6, 6.07) is 9.50. The minimum absolute atomic E-state index is 0.105. The molecule has 0 amide bonds. The second-order valence-corrected chi connectivity index (χ2v) is 8.23. The maximum atomic E-state index is 11.4. The van der Waals surface area contributed by atoms with Gasteiger partial charge in [-0.05, 0) is 24.3 Å². The van der Waals surface area contributed by atoms with Crippen molar-refractivity contribution in [1.29, 1.82) is 0 Å². The van der Waals surface area contributed by atoms with Crippen molar-refractivity contribution in [3.8, 4) is 0 Å². The summed E-state index contributed by atoms with van der Waals surface area (Å²) in [6.45, 7) is 2.58. The zero-order chi connectivity index (χ0) is 15.1. The number of ether oxygens (including phenoxy) is 2. The van der Waals surface area contributed by atoms with E-state index in [1.54, 1.807) is 0 Å². The van der Waals surface area contributed by atoms with Crippen molar-refractivity contribution in [2.75, 3.05) is 32.2 Å². The molecule has 1 saturated heterocycles. The highest BCUT2D eigenvalue weighted by Crippen LogP contribution is 2.21. The topological polar surface area (TPSA) is 52.6 Å². The predicted octanol–water partition coefficient (Wildman–Crippen LogP) is 2.78. The molecular weight excluding hydrogens is 312 g/mol. The van der Waals surface area contributed by atoms with Crippen LogP contribution in [0.2, 0.25) is 0 Å². The molecule has 1 aliphatic heterocycles. The molecule has 0 radical (unpaired) electrons. The average molecular weight is 333 g/mol. The number of hydrogen-bond donors (Lipinski definition) is 0. The Morgan fingerprint density at radius 1 is 1.24 bits per heavy atom. The van der Waals surface area contributed by atoms with E-state index in [1.165, 1.54) is 0 Å². The van der Waals surface area contributed by atoms with Crippen molar-refractivity contribution >= 4 is 19.7 Å². The molecular formula is C15H21ClO4S. The van der Waals surface area contributed by atoms with Crippen LogP contribution in [0.4, 0.5) is 0 Å². The minimum Gasteiger partial charge on any atom is -0.381 e. The summed E-state index contributed by atoms with van der Waals surface area (Å²) >= 11 is 0. The van der Waals surface area contributed by atoms with Crippen LogP contribution in [-0.4, -0.2) is 40.6 Å². The molecule has 6 heteroatoms. The fraction of sp³-hybridized carbons (Fsp3) is 0.600. The monoisotopic (exact) mass is 332 g/mol. The Morgan fingerprint density at radius 2 is 1.90 bits per heavy atom. The van der Waals surface area contributed by atoms with Gasteiger partial charge in [-0.3, -0.25) is 0 Å². The lowest BCUT2D eigenvalue weighted by Crippen LogP contribution is -2.23. The summed E-state index contributed by atoms with van der Waals surface area (Å²) in [6.07, 6.45) is 2.01. The highest BCUT2D eigenvalue weighted by Gasteiger charge is 2.20. The normalized spacial score (nSPS) is 18.5. The highest BCUT2D eigenvalue weighted by molar-refractivity contribution is 8.13. The van der Waals surface area contributed by atoms with E-state index in [1.807, 2.05) is 30.3 Å². The van der Waals surface area contributed by atoms with Crippen molar-refractivity contribution in [3.05, 3.63) is 35.9 Å². The van der Waals surface area contributed by atoms with Gasteiger partial charge in [0.15, 0.2) is 0 Å². The average Bonchev–Trinajstić information content (AvgIpc) is 2.47. The zero-order valence-corrected chi connectivity index (χ0v) is 13.5. The zero-order valence-electron chi connectivity index (χ0n) is 11.9. The molecule has 0 spiro atoms. The van der Waals surface area contributed by atoms with Crippen molar-refractivity contribution < 1.29 is 17.9 Å². The fourth-order valence-electron chi connectivity index (χ4n) is 2.50. The summed E-state index contributed by atoms with van der Waals surface area (Å²) in [5, 5.41) is 0. The van der Waals surface area contributed by atoms with Crippen LogP contribution in [0.1, 0.15) is 24.3 Å². The van der Waals surface area contributed by atoms with E-state index in [0.717, 1.165) is 31.6 Å². The van der Waals surface area contributed by atoms with Crippen molar-refractivity contribution in [2.45, 2.75) is 18.8 Å². The standard InChI is InChI=1S/C15H21ClO4S/c16-21(17,18)12-15(14-4-2-1-3-5-14)11-20-10-13-6-8-19-9-7-13/h1-5,13,15H,6-12H2. The van der Waals surface area contributed by atoms with Crippen molar-refractivity contribution in [2.24, 2.45) is 5.92 Å². The molecule has 1 aliphatic rings. The van der Waals surface area contributed by atoms with E-state index < -0.39 is 9.05 Å². The summed E-state index contributed by atoms with van der Waals surface area (Å²) in [5.74, 6) is 0.170. The quantitative estimate of drug-likeness (QED) is 0.720. The Balaban J connectivity index is 1.89. The van der Waals surface area contributed by atoms with Crippen LogP contribution >= 0.6 is 10.7 Å². The molecule has 0 bridgehead atoms. The van der Waals surface area contributed by atoms with Crippen LogP contribution in [0, 0.1) is 5.92 Å². The van der Waals surface area contributed by atoms with Gasteiger partial charge in [0.25, 0.3) is 0 Å². The lowest BCUT2D eigenvalue weighted by atomic mass is 10.0. The molecule has 1 fully saturated rings. The second-order valence-electron chi connectivity index (χ2n) is 5.41. The predicted molar refractivity (Wildman–Crippen MR) is 83.2 cm³/mol. The van der Waals surface area contributed by atoms with Gasteiger partial charge in [0.05, 0.1) is 12.4 Å². The van der Waals surface area contributed by atoms with E-state index >= 15 is 0 Å². The molecule has 1 atom stereocenters. The van der Waals surface area contributed by atoms with E-state index in [2.05, 4.69) is 0 Å². The maximum absolute atomic E-state index is 11.4. The van der Waals surface area contributed by atoms with Gasteiger partial charge in [0.1, 0.15) is 0 Å². The first-order valence-corrected chi connectivity index (χ1v) is 9.65. The van der Waals surface area contributed by atoms with Gasteiger partial charge in [-0.25, -0.2) is 8.42 Å². The Bertz CT molecular complexity index is 512. The van der Waals surface area contributed by atoms with Gasteiger partial charge in [-0.2, -0.15) is 0 Å². The highest BCUT2D eigenvalue weighted by atomic mass is 35.7. The van der Waals surface area contributed by atoms with Gasteiger partial charge >= 0.3 is 0 Å². The van der Waals surface area contributed by atoms with E-state index in [9.17, 15) is 8.42 Å². The number of hydrogen-bond acceptors (Lipinski definition) is 4. The Morgan fingerprint density at radius 3 is 2.52 bits per heavy atom. The van der Waals surface area contributed by atoms with Crippen molar-refractivity contribution in [1.82, 2.24) is 0 Å². The molecule has 1 aromatic carbocycles. The molecule has 4 nitrogen and oxygen atoms in total. The smallest absolute Gasteiger partial charge is 0.233 e. The maximum Gasteiger partial charge on any atom is 0.233 e. The molecule has 21 heavy (non-hydrogen) atoms. The third-order valence-electron chi connectivity index (χ3n) is 3.68. The van der Waals surface area contributed by atoms with Crippen LogP contribution in [0.3, 0.4) is 0 Å². The molecule has 0 aromatic heterocycles. The number of halogens is 1. The fourth-order valence-corrected chi connectivity index (χ4v) is 3.72. The molecule has 118 valence electrons. The van der Waals surface area contributed by atoms with E-state index in [4.69, 9.17) is 20.2 Å². The largest absolute Gasteiger partial charge is 0.381 e. The SMILES string of the molecule is O=S(=O)(Cl)CC(COCC1CCOCC1)c1ccccc1. The molecule has 1 unspecified atom stereocenters. The molecule has 1 heterocycles. The van der Waals surface area contributed by atoms with Crippen LogP contribution < -0.4 is 0 Å². The number of rotatable bonds is 7. The van der Waals surface area contributed by atoms with Crippen molar-refractivity contribution in [3.63, 3.8) is 0 Å². The van der Waals surface area contributed by atoms with Gasteiger partial charge < -0.3 is 9.47 Å². The Labute approximate surface area is 130 Å². The van der Waals surface area contributed by atoms with Gasteiger partial charge in [-0.15, -0.1) is 0 Å². The van der Waals surface area contributed by atoms with E-state index in [0.29, 0.717) is 19.1 Å². The lowest BCUT2D eigenvalue weighted by molar-refractivity contribution is 0.0182. The third-order valence-corrected chi connectivity index (χ3v) is 4.86. The number of benzene rings is 1. The summed E-state index contributed by atoms with van der Waals surface area (Å²) < 4.78 is 33.8. The molecule has 1 aromatic rings. The lowest BCUT2D eigenvalue weighted by Gasteiger charge is -2.23. The third kappa shape index (κ3) is 6.34. The first-order chi connectivity index (χ1) is 10.0. The molecule has 0 N–H and O–H groups in total. The van der Waals surface area contributed by atoms with Gasteiger partial charge in [-0.1, -0.05) is 30.3 Å². The van der Waals surface area contributed by atoms with Crippen LogP contribution in [0.25, 0.3) is 0 Å². The Kier molecular flexibility index (Phi) is 6.48. The Hall–Kier alpha value is -0.620. The summed E-state index contributed by atoms with van der Waals surface area (Å²) in [7, 11) is 1.85. The van der Waals surface area contributed by atoms with Gasteiger partial charge in [0.2, 0.25) is 9.05 Å². The van der Waals surface area contributed by atoms with Crippen LogP contribution in [0.15, 0.2) is 30.3 Å². The first kappa shape index (κ1) is 16.7. The summed E-state index contributed by atoms with van der Waals surface area (Å²) in [4.78, 5) is 0. The van der Waals surface area contributed by atoms with Crippen LogP contribution in [-0.2, 0) is 18.5 Å². The molecule has 0 saturated carbocycles.